The van der Waals surface area contributed by atoms with Crippen LogP contribution in [0.4, 0.5) is 0 Å². The number of hydrogen-bond acceptors (Lipinski definition) is 1. The van der Waals surface area contributed by atoms with E-state index in [0.29, 0.717) is 11.5 Å². The first-order valence-electron chi connectivity index (χ1n) is 4.40. The van der Waals surface area contributed by atoms with Gasteiger partial charge in [-0.2, -0.15) is 0 Å². The zero-order valence-electron chi connectivity index (χ0n) is 7.56. The molecule has 0 N–H and O–H groups in total. The number of halogens is 1. The summed E-state index contributed by atoms with van der Waals surface area (Å²) in [5.41, 5.74) is 0.234. The minimum absolute atomic E-state index is 0.234. The van der Waals surface area contributed by atoms with Gasteiger partial charge in [0.05, 0.1) is 6.10 Å². The first-order valence-corrected chi connectivity index (χ1v) is 4.84. The third-order valence-electron chi connectivity index (χ3n) is 3.00. The summed E-state index contributed by atoms with van der Waals surface area (Å²) in [6, 6.07) is 0. The first kappa shape index (κ1) is 9.34. The molecular weight excluding hydrogens is 160 g/mol. The maximum Gasteiger partial charge on any atom is 0.0656 e. The van der Waals surface area contributed by atoms with Gasteiger partial charge in [-0.1, -0.05) is 13.8 Å². The summed E-state index contributed by atoms with van der Waals surface area (Å²) in [5, 5.41) is 0.323. The Labute approximate surface area is 74.1 Å². The van der Waals surface area contributed by atoms with Crippen LogP contribution in [-0.4, -0.2) is 18.1 Å². The van der Waals surface area contributed by atoms with Crippen LogP contribution in [0.15, 0.2) is 0 Å². The zero-order chi connectivity index (χ0) is 8.48. The molecule has 0 aromatic rings. The van der Waals surface area contributed by atoms with Gasteiger partial charge >= 0.3 is 0 Å². The van der Waals surface area contributed by atoms with Crippen molar-refractivity contribution in [3.05, 3.63) is 0 Å². The summed E-state index contributed by atoms with van der Waals surface area (Å²) in [5.74, 6) is 0. The summed E-state index contributed by atoms with van der Waals surface area (Å²) >= 11 is 6.11. The number of alkyl halides is 1. The highest BCUT2D eigenvalue weighted by Gasteiger charge is 2.49. The molecular formula is C9H17ClO. The Hall–Kier alpha value is 0.250. The lowest BCUT2D eigenvalue weighted by Gasteiger charge is -2.50. The largest absolute Gasteiger partial charge is 0.378 e. The van der Waals surface area contributed by atoms with E-state index in [1.165, 1.54) is 0 Å². The summed E-state index contributed by atoms with van der Waals surface area (Å²) in [6.07, 6.45) is 2.55. The standard InChI is InChI=1S/C9H17ClO/c1-4-9(3)7(10)6-8(9)11-5-2/h7-8H,4-6H2,1-3H3. The van der Waals surface area contributed by atoms with Gasteiger partial charge in [0, 0.05) is 17.4 Å². The highest BCUT2D eigenvalue weighted by molar-refractivity contribution is 6.21. The van der Waals surface area contributed by atoms with E-state index in [2.05, 4.69) is 13.8 Å². The van der Waals surface area contributed by atoms with Gasteiger partial charge in [0.2, 0.25) is 0 Å². The molecule has 0 saturated heterocycles. The van der Waals surface area contributed by atoms with E-state index in [1.807, 2.05) is 6.92 Å². The molecule has 1 rings (SSSR count). The lowest BCUT2D eigenvalue weighted by molar-refractivity contribution is -0.0956. The molecule has 0 aliphatic heterocycles. The predicted octanol–water partition coefficient (Wildman–Crippen LogP) is 2.82. The third-order valence-corrected chi connectivity index (χ3v) is 3.68. The molecule has 2 heteroatoms. The third kappa shape index (κ3) is 1.41. The van der Waals surface area contributed by atoms with Crippen molar-refractivity contribution in [1.29, 1.82) is 0 Å². The summed E-state index contributed by atoms with van der Waals surface area (Å²) in [7, 11) is 0. The van der Waals surface area contributed by atoms with Crippen LogP contribution in [0, 0.1) is 5.41 Å². The zero-order valence-corrected chi connectivity index (χ0v) is 8.32. The van der Waals surface area contributed by atoms with E-state index in [-0.39, 0.29) is 5.41 Å². The molecule has 1 aliphatic carbocycles. The van der Waals surface area contributed by atoms with E-state index in [9.17, 15) is 0 Å². The molecule has 0 amide bonds. The van der Waals surface area contributed by atoms with E-state index in [4.69, 9.17) is 16.3 Å². The Kier molecular flexibility index (Phi) is 2.82. The second-order valence-electron chi connectivity index (χ2n) is 3.51. The minimum atomic E-state index is 0.234. The molecule has 0 heterocycles. The Balaban J connectivity index is 2.47. The molecule has 0 aromatic heterocycles. The minimum Gasteiger partial charge on any atom is -0.378 e. The quantitative estimate of drug-likeness (QED) is 0.601. The van der Waals surface area contributed by atoms with Crippen LogP contribution in [0.1, 0.15) is 33.6 Å². The molecule has 0 bridgehead atoms. The highest BCUT2D eigenvalue weighted by atomic mass is 35.5. The van der Waals surface area contributed by atoms with E-state index >= 15 is 0 Å². The number of rotatable bonds is 3. The second-order valence-corrected chi connectivity index (χ2v) is 4.03. The Morgan fingerprint density at radius 3 is 2.55 bits per heavy atom. The molecule has 1 aliphatic rings. The van der Waals surface area contributed by atoms with Gasteiger partial charge in [0.25, 0.3) is 0 Å². The molecule has 66 valence electrons. The van der Waals surface area contributed by atoms with Crippen molar-refractivity contribution < 1.29 is 4.74 Å². The van der Waals surface area contributed by atoms with Crippen LogP contribution in [0.25, 0.3) is 0 Å². The SMILES string of the molecule is CCOC1CC(Cl)C1(C)CC. The van der Waals surface area contributed by atoms with E-state index in [0.717, 1.165) is 19.4 Å². The second kappa shape index (κ2) is 3.32. The van der Waals surface area contributed by atoms with Crippen molar-refractivity contribution in [1.82, 2.24) is 0 Å². The smallest absolute Gasteiger partial charge is 0.0656 e. The Morgan fingerprint density at radius 1 is 1.55 bits per heavy atom. The Morgan fingerprint density at radius 2 is 2.18 bits per heavy atom. The van der Waals surface area contributed by atoms with Gasteiger partial charge in [-0.05, 0) is 19.8 Å². The molecule has 1 saturated carbocycles. The van der Waals surface area contributed by atoms with Crippen LogP contribution in [0.5, 0.6) is 0 Å². The molecule has 3 atom stereocenters. The van der Waals surface area contributed by atoms with Gasteiger partial charge in [0.1, 0.15) is 0 Å². The summed E-state index contributed by atoms with van der Waals surface area (Å²) in [6.45, 7) is 7.25. The van der Waals surface area contributed by atoms with Crippen LogP contribution < -0.4 is 0 Å². The lowest BCUT2D eigenvalue weighted by Crippen LogP contribution is -2.53. The van der Waals surface area contributed by atoms with Crippen molar-refractivity contribution >= 4 is 11.6 Å². The fourth-order valence-electron chi connectivity index (χ4n) is 1.68. The predicted molar refractivity (Wildman–Crippen MR) is 48.1 cm³/mol. The average Bonchev–Trinajstić information content (AvgIpc) is 2.03. The summed E-state index contributed by atoms with van der Waals surface area (Å²) in [4.78, 5) is 0. The molecule has 11 heavy (non-hydrogen) atoms. The van der Waals surface area contributed by atoms with Crippen LogP contribution in [0.2, 0.25) is 0 Å². The van der Waals surface area contributed by atoms with Crippen LogP contribution in [0.3, 0.4) is 0 Å². The first-order chi connectivity index (χ1) is 5.15. The molecule has 0 aromatic carbocycles. The number of ether oxygens (including phenoxy) is 1. The number of hydrogen-bond donors (Lipinski definition) is 0. The van der Waals surface area contributed by atoms with Crippen molar-refractivity contribution in [3.63, 3.8) is 0 Å². The monoisotopic (exact) mass is 176 g/mol. The van der Waals surface area contributed by atoms with Gasteiger partial charge in [-0.25, -0.2) is 0 Å². The lowest BCUT2D eigenvalue weighted by atomic mass is 9.65. The van der Waals surface area contributed by atoms with Crippen LogP contribution >= 0.6 is 11.6 Å². The molecule has 0 radical (unpaired) electrons. The average molecular weight is 177 g/mol. The fourth-order valence-corrected chi connectivity index (χ4v) is 2.13. The van der Waals surface area contributed by atoms with Crippen molar-refractivity contribution in [3.8, 4) is 0 Å². The highest BCUT2D eigenvalue weighted by Crippen LogP contribution is 2.48. The molecule has 1 nitrogen and oxygen atoms in total. The molecule has 3 unspecified atom stereocenters. The molecule has 1 fully saturated rings. The summed E-state index contributed by atoms with van der Waals surface area (Å²) < 4.78 is 5.57. The van der Waals surface area contributed by atoms with Gasteiger partial charge < -0.3 is 4.74 Å². The van der Waals surface area contributed by atoms with E-state index < -0.39 is 0 Å². The maximum atomic E-state index is 6.11. The normalized spacial score (nSPS) is 43.6. The van der Waals surface area contributed by atoms with E-state index in [1.54, 1.807) is 0 Å². The topological polar surface area (TPSA) is 9.23 Å². The molecule has 0 spiro atoms. The van der Waals surface area contributed by atoms with Crippen molar-refractivity contribution in [2.45, 2.75) is 45.1 Å². The Bertz CT molecular complexity index is 136. The van der Waals surface area contributed by atoms with Gasteiger partial charge in [0.15, 0.2) is 0 Å². The van der Waals surface area contributed by atoms with Gasteiger partial charge in [-0.15, -0.1) is 11.6 Å². The van der Waals surface area contributed by atoms with Crippen molar-refractivity contribution in [2.24, 2.45) is 5.41 Å². The maximum absolute atomic E-state index is 6.11. The van der Waals surface area contributed by atoms with Crippen molar-refractivity contribution in [2.75, 3.05) is 6.61 Å². The van der Waals surface area contributed by atoms with Gasteiger partial charge in [-0.3, -0.25) is 0 Å². The fraction of sp³-hybridized carbons (Fsp3) is 1.00. The van der Waals surface area contributed by atoms with Crippen LogP contribution in [-0.2, 0) is 4.74 Å².